The Hall–Kier alpha value is -2.48. The minimum Gasteiger partial charge on any atom is -0.480 e. The fourth-order valence-electron chi connectivity index (χ4n) is 2.19. The second-order valence-electron chi connectivity index (χ2n) is 4.45. The summed E-state index contributed by atoms with van der Waals surface area (Å²) in [5, 5.41) is 19.4. The molecule has 104 valence electrons. The molecule has 1 aromatic heterocycles. The Balaban J connectivity index is 1.91. The molecule has 2 heterocycles. The molecule has 20 heavy (non-hydrogen) atoms. The second kappa shape index (κ2) is 4.89. The molecule has 0 radical (unpaired) electrons. The Morgan fingerprint density at radius 3 is 2.95 bits per heavy atom. The third-order valence-electron chi connectivity index (χ3n) is 3.24. The highest BCUT2D eigenvalue weighted by molar-refractivity contribution is 5.99. The van der Waals surface area contributed by atoms with Gasteiger partial charge in [0.2, 0.25) is 0 Å². The number of morpholine rings is 1. The molecule has 1 atom stereocenters. The highest BCUT2D eigenvalue weighted by atomic mass is 16.5. The molecule has 1 saturated heterocycles. The van der Waals surface area contributed by atoms with Crippen molar-refractivity contribution in [1.29, 1.82) is 0 Å². The number of carbonyl (C=O) groups is 2. The van der Waals surface area contributed by atoms with E-state index in [4.69, 9.17) is 9.84 Å². The topological polar surface area (TPSA) is 108 Å². The van der Waals surface area contributed by atoms with E-state index in [0.717, 1.165) is 0 Å². The molecule has 3 rings (SSSR count). The van der Waals surface area contributed by atoms with Gasteiger partial charge in [-0.2, -0.15) is 15.4 Å². The Morgan fingerprint density at radius 2 is 2.15 bits per heavy atom. The quantitative estimate of drug-likeness (QED) is 0.791. The molecule has 0 aliphatic carbocycles. The number of ether oxygens (including phenoxy) is 1. The van der Waals surface area contributed by atoms with Crippen LogP contribution in [0.3, 0.4) is 0 Å². The summed E-state index contributed by atoms with van der Waals surface area (Å²) in [6.07, 6.45) is 0. The smallest absolute Gasteiger partial charge is 0.328 e. The zero-order chi connectivity index (χ0) is 14.1. The number of H-pyrrole nitrogens is 1. The van der Waals surface area contributed by atoms with Crippen LogP contribution in [-0.4, -0.2) is 63.1 Å². The standard InChI is InChI=1S/C12H12N4O4/c17-11(16-3-4-20-6-10(16)12(18)19)7-1-2-8-9(5-7)14-15-13-8/h1-2,5,10H,3-4,6H2,(H,18,19)(H,13,14,15)/t10-/m0/s1. The van der Waals surface area contributed by atoms with Gasteiger partial charge in [0.05, 0.1) is 13.2 Å². The van der Waals surface area contributed by atoms with Crippen LogP contribution in [0.4, 0.5) is 0 Å². The van der Waals surface area contributed by atoms with Gasteiger partial charge in [-0.3, -0.25) is 4.79 Å². The average Bonchev–Trinajstić information content (AvgIpc) is 2.93. The van der Waals surface area contributed by atoms with Gasteiger partial charge in [0.1, 0.15) is 11.0 Å². The number of carboxylic acid groups (broad SMARTS) is 1. The lowest BCUT2D eigenvalue weighted by Crippen LogP contribution is -2.52. The molecule has 2 aromatic rings. The Labute approximate surface area is 113 Å². The lowest BCUT2D eigenvalue weighted by Gasteiger charge is -2.32. The summed E-state index contributed by atoms with van der Waals surface area (Å²) in [7, 11) is 0. The van der Waals surface area contributed by atoms with Crippen LogP contribution >= 0.6 is 0 Å². The van der Waals surface area contributed by atoms with Gasteiger partial charge in [-0.25, -0.2) is 4.79 Å². The summed E-state index contributed by atoms with van der Waals surface area (Å²) >= 11 is 0. The predicted molar refractivity (Wildman–Crippen MR) is 67.2 cm³/mol. The van der Waals surface area contributed by atoms with E-state index in [1.807, 2.05) is 0 Å². The number of rotatable bonds is 2. The number of benzene rings is 1. The molecule has 0 unspecified atom stereocenters. The number of amides is 1. The van der Waals surface area contributed by atoms with Gasteiger partial charge < -0.3 is 14.7 Å². The van der Waals surface area contributed by atoms with Gasteiger partial charge in [0, 0.05) is 12.1 Å². The van der Waals surface area contributed by atoms with E-state index in [2.05, 4.69) is 15.4 Å². The summed E-state index contributed by atoms with van der Waals surface area (Å²) in [5.41, 5.74) is 1.61. The summed E-state index contributed by atoms with van der Waals surface area (Å²) in [6, 6.07) is 3.92. The first-order valence-electron chi connectivity index (χ1n) is 6.09. The van der Waals surface area contributed by atoms with E-state index in [-0.39, 0.29) is 19.1 Å². The number of carboxylic acids is 1. The van der Waals surface area contributed by atoms with E-state index in [1.54, 1.807) is 18.2 Å². The number of aromatic nitrogens is 3. The number of hydrogen-bond donors (Lipinski definition) is 2. The molecule has 2 N–H and O–H groups in total. The SMILES string of the molecule is O=C(O)[C@@H]1COCCN1C(=O)c1ccc2n[nH]nc2c1. The van der Waals surface area contributed by atoms with Crippen LogP contribution < -0.4 is 0 Å². The maximum Gasteiger partial charge on any atom is 0.328 e. The van der Waals surface area contributed by atoms with Crippen molar-refractivity contribution >= 4 is 22.9 Å². The summed E-state index contributed by atoms with van der Waals surface area (Å²) < 4.78 is 5.12. The van der Waals surface area contributed by atoms with Crippen LogP contribution in [-0.2, 0) is 9.53 Å². The number of aliphatic carboxylic acids is 1. The van der Waals surface area contributed by atoms with Crippen LogP contribution in [0.5, 0.6) is 0 Å². The number of hydrogen-bond acceptors (Lipinski definition) is 5. The monoisotopic (exact) mass is 276 g/mol. The third kappa shape index (κ3) is 2.10. The number of aromatic amines is 1. The van der Waals surface area contributed by atoms with Gasteiger partial charge in [-0.05, 0) is 18.2 Å². The number of carbonyl (C=O) groups excluding carboxylic acids is 1. The fourth-order valence-corrected chi connectivity index (χ4v) is 2.19. The van der Waals surface area contributed by atoms with E-state index >= 15 is 0 Å². The van der Waals surface area contributed by atoms with Crippen LogP contribution in [0.25, 0.3) is 11.0 Å². The number of nitrogens with one attached hydrogen (secondary N) is 1. The van der Waals surface area contributed by atoms with Crippen LogP contribution in [0.1, 0.15) is 10.4 Å². The Morgan fingerprint density at radius 1 is 1.35 bits per heavy atom. The summed E-state index contributed by atoms with van der Waals surface area (Å²) in [5.74, 6) is -1.41. The minimum atomic E-state index is -1.07. The predicted octanol–water partition coefficient (Wildman–Crippen LogP) is -0.117. The third-order valence-corrected chi connectivity index (χ3v) is 3.24. The van der Waals surface area contributed by atoms with Crippen molar-refractivity contribution in [3.05, 3.63) is 23.8 Å². The molecule has 1 fully saturated rings. The molecule has 8 nitrogen and oxygen atoms in total. The maximum absolute atomic E-state index is 12.4. The van der Waals surface area contributed by atoms with Crippen molar-refractivity contribution in [3.63, 3.8) is 0 Å². The van der Waals surface area contributed by atoms with Gasteiger partial charge in [0.25, 0.3) is 5.91 Å². The maximum atomic E-state index is 12.4. The lowest BCUT2D eigenvalue weighted by molar-refractivity contribution is -0.147. The molecule has 0 saturated carbocycles. The van der Waals surface area contributed by atoms with Crippen molar-refractivity contribution in [2.75, 3.05) is 19.8 Å². The molecule has 0 bridgehead atoms. The van der Waals surface area contributed by atoms with Crippen LogP contribution in [0.15, 0.2) is 18.2 Å². The van der Waals surface area contributed by atoms with Crippen molar-refractivity contribution in [3.8, 4) is 0 Å². The van der Waals surface area contributed by atoms with Crippen molar-refractivity contribution in [2.45, 2.75) is 6.04 Å². The number of nitrogens with zero attached hydrogens (tertiary/aromatic N) is 3. The van der Waals surface area contributed by atoms with E-state index in [9.17, 15) is 9.59 Å². The summed E-state index contributed by atoms with van der Waals surface area (Å²) in [6.45, 7) is 0.599. The Bertz CT molecular complexity index is 668. The van der Waals surface area contributed by atoms with Gasteiger partial charge in [0.15, 0.2) is 6.04 Å². The first kappa shape index (κ1) is 12.5. The Kier molecular flexibility index (Phi) is 3.07. The summed E-state index contributed by atoms with van der Waals surface area (Å²) in [4.78, 5) is 24.9. The average molecular weight is 276 g/mol. The highest BCUT2D eigenvalue weighted by Gasteiger charge is 2.33. The fraction of sp³-hybridized carbons (Fsp3) is 0.333. The molecular weight excluding hydrogens is 264 g/mol. The van der Waals surface area contributed by atoms with E-state index in [1.165, 1.54) is 4.90 Å². The molecular formula is C12H12N4O4. The van der Waals surface area contributed by atoms with E-state index < -0.39 is 12.0 Å². The van der Waals surface area contributed by atoms with Gasteiger partial charge in [-0.1, -0.05) is 0 Å². The van der Waals surface area contributed by atoms with Crippen molar-refractivity contribution in [2.24, 2.45) is 0 Å². The highest BCUT2D eigenvalue weighted by Crippen LogP contribution is 2.16. The molecule has 1 amide bonds. The zero-order valence-electron chi connectivity index (χ0n) is 10.4. The van der Waals surface area contributed by atoms with Crippen molar-refractivity contribution < 1.29 is 19.4 Å². The van der Waals surface area contributed by atoms with Crippen LogP contribution in [0.2, 0.25) is 0 Å². The van der Waals surface area contributed by atoms with Crippen molar-refractivity contribution in [1.82, 2.24) is 20.3 Å². The molecule has 0 spiro atoms. The molecule has 1 aromatic carbocycles. The van der Waals surface area contributed by atoms with Gasteiger partial charge in [-0.15, -0.1) is 0 Å². The normalized spacial score (nSPS) is 19.2. The first-order chi connectivity index (χ1) is 9.66. The van der Waals surface area contributed by atoms with Gasteiger partial charge >= 0.3 is 5.97 Å². The minimum absolute atomic E-state index is 0.00722. The molecule has 1 aliphatic heterocycles. The largest absolute Gasteiger partial charge is 0.480 e. The molecule has 8 heteroatoms. The zero-order valence-corrected chi connectivity index (χ0v) is 10.4. The second-order valence-corrected chi connectivity index (χ2v) is 4.45. The lowest BCUT2D eigenvalue weighted by atomic mass is 10.1. The van der Waals surface area contributed by atoms with E-state index in [0.29, 0.717) is 23.2 Å². The number of fused-ring (bicyclic) bond motifs is 1. The molecule has 1 aliphatic rings. The van der Waals surface area contributed by atoms with Crippen LogP contribution in [0, 0.1) is 0 Å². The first-order valence-corrected chi connectivity index (χ1v) is 6.09.